The van der Waals surface area contributed by atoms with E-state index in [2.05, 4.69) is 59.4 Å². The van der Waals surface area contributed by atoms with Gasteiger partial charge >= 0.3 is 0 Å². The van der Waals surface area contributed by atoms with Crippen molar-refractivity contribution < 1.29 is 8.42 Å². The Morgan fingerprint density at radius 1 is 1.06 bits per heavy atom. The third-order valence-electron chi connectivity index (χ3n) is 5.53. The number of nitrogens with one attached hydrogen (secondary N) is 1. The number of sulfonamides is 1. The molecule has 0 amide bonds. The monoisotopic (exact) mass is 431 g/mol. The Balaban J connectivity index is 1.77. The van der Waals surface area contributed by atoms with Crippen molar-refractivity contribution in [3.05, 3.63) is 101 Å². The van der Waals surface area contributed by atoms with E-state index < -0.39 is 10.0 Å². The van der Waals surface area contributed by atoms with Crippen LogP contribution in [0.5, 0.6) is 0 Å². The minimum Gasteiger partial charge on any atom is -0.284 e. The molecule has 3 nitrogen and oxygen atoms in total. The van der Waals surface area contributed by atoms with E-state index in [4.69, 9.17) is 0 Å². The van der Waals surface area contributed by atoms with Crippen LogP contribution in [0, 0.1) is 5.92 Å². The summed E-state index contributed by atoms with van der Waals surface area (Å²) < 4.78 is 27.5. The summed E-state index contributed by atoms with van der Waals surface area (Å²) >= 11 is 0. The van der Waals surface area contributed by atoms with Crippen LogP contribution in [0.15, 0.2) is 84.0 Å². The minimum atomic E-state index is -3.36. The summed E-state index contributed by atoms with van der Waals surface area (Å²) in [6.45, 7) is 3.81. The number of benzene rings is 2. The molecule has 2 aliphatic carbocycles. The maximum absolute atomic E-state index is 12.4. The zero-order chi connectivity index (χ0) is 21.8. The fourth-order valence-corrected chi connectivity index (χ4v) is 5.71. The first-order chi connectivity index (χ1) is 14.9. The van der Waals surface area contributed by atoms with Gasteiger partial charge in [0.25, 0.3) is 0 Å². The average Bonchev–Trinajstić information content (AvgIpc) is 3.01. The van der Waals surface area contributed by atoms with Crippen molar-refractivity contribution in [2.75, 3.05) is 10.5 Å². The minimum absolute atomic E-state index is 0.0747. The Morgan fingerprint density at radius 2 is 1.90 bits per heavy atom. The maximum Gasteiger partial charge on any atom is 0.232 e. The number of hydrogen-bond donors (Lipinski definition) is 1. The van der Waals surface area contributed by atoms with Crippen molar-refractivity contribution in [1.29, 1.82) is 0 Å². The molecule has 4 heteroatoms. The van der Waals surface area contributed by atoms with E-state index in [1.54, 1.807) is 6.07 Å². The van der Waals surface area contributed by atoms with E-state index in [1.165, 1.54) is 27.8 Å². The number of fused-ring (bicyclic) bond motifs is 2. The van der Waals surface area contributed by atoms with Crippen molar-refractivity contribution in [3.8, 4) is 0 Å². The van der Waals surface area contributed by atoms with E-state index in [0.29, 0.717) is 5.69 Å². The second-order valence-corrected chi connectivity index (χ2v) is 10.4. The second-order valence-electron chi connectivity index (χ2n) is 8.59. The fraction of sp³-hybridized carbons (Fsp3) is 0.259. The zero-order valence-corrected chi connectivity index (χ0v) is 19.0. The fourth-order valence-electron chi connectivity index (χ4n) is 4.26. The quantitative estimate of drug-likeness (QED) is 0.597. The van der Waals surface area contributed by atoms with Gasteiger partial charge in [-0.2, -0.15) is 0 Å². The van der Waals surface area contributed by atoms with Gasteiger partial charge in [0.15, 0.2) is 0 Å². The molecule has 2 aromatic rings. The summed E-state index contributed by atoms with van der Waals surface area (Å²) in [5, 5.41) is 0. The van der Waals surface area contributed by atoms with E-state index >= 15 is 0 Å². The molecule has 4 rings (SSSR count). The van der Waals surface area contributed by atoms with Crippen LogP contribution in [0.4, 0.5) is 5.69 Å². The van der Waals surface area contributed by atoms with Gasteiger partial charge in [-0.05, 0) is 76.8 Å². The van der Waals surface area contributed by atoms with E-state index in [1.807, 2.05) is 32.0 Å². The average molecular weight is 432 g/mol. The van der Waals surface area contributed by atoms with Crippen LogP contribution in [0.2, 0.25) is 0 Å². The third-order valence-corrected chi connectivity index (χ3v) is 7.18. The summed E-state index contributed by atoms with van der Waals surface area (Å²) in [4.78, 5) is 0. The molecule has 0 radical (unpaired) electrons. The lowest BCUT2D eigenvalue weighted by Crippen LogP contribution is -2.20. The topological polar surface area (TPSA) is 46.2 Å². The lowest BCUT2D eigenvalue weighted by atomic mass is 9.91. The molecule has 0 saturated carbocycles. The first kappa shape index (κ1) is 21.4. The van der Waals surface area contributed by atoms with Crippen LogP contribution >= 0.6 is 0 Å². The normalized spacial score (nSPS) is 17.3. The van der Waals surface area contributed by atoms with Gasteiger partial charge in [-0.1, -0.05) is 74.5 Å². The number of rotatable bonds is 5. The molecule has 1 N–H and O–H groups in total. The number of allylic oxidation sites excluding steroid dienone is 7. The molecule has 160 valence electrons. The summed E-state index contributed by atoms with van der Waals surface area (Å²) in [6.07, 6.45) is 14.0. The number of anilines is 1. The highest BCUT2D eigenvalue weighted by Crippen LogP contribution is 2.39. The molecular formula is C27H29NO2S. The van der Waals surface area contributed by atoms with Gasteiger partial charge in [0.1, 0.15) is 0 Å². The molecule has 0 aliphatic heterocycles. The third kappa shape index (κ3) is 5.26. The largest absolute Gasteiger partial charge is 0.284 e. The molecule has 0 unspecified atom stereocenters. The SMILES string of the molecule is CC(C)CS(=O)(=O)Nc1cccc(/C=C2\C3=CC=CCC=C3CCc3ccccc32)c1. The molecule has 0 spiro atoms. The molecular weight excluding hydrogens is 402 g/mol. The lowest BCUT2D eigenvalue weighted by molar-refractivity contribution is 0.587. The van der Waals surface area contributed by atoms with Crippen molar-refractivity contribution >= 4 is 27.4 Å². The van der Waals surface area contributed by atoms with Gasteiger partial charge in [-0.15, -0.1) is 0 Å². The highest BCUT2D eigenvalue weighted by Gasteiger charge is 2.20. The van der Waals surface area contributed by atoms with Crippen molar-refractivity contribution in [2.45, 2.75) is 33.1 Å². The van der Waals surface area contributed by atoms with Crippen LogP contribution in [-0.2, 0) is 16.4 Å². The van der Waals surface area contributed by atoms with Crippen LogP contribution < -0.4 is 4.72 Å². The Kier molecular flexibility index (Phi) is 6.28. The molecule has 2 aromatic carbocycles. The summed E-state index contributed by atoms with van der Waals surface area (Å²) in [5.74, 6) is 0.185. The molecule has 0 fully saturated rings. The Labute approximate surface area is 186 Å². The number of aryl methyl sites for hydroxylation is 1. The van der Waals surface area contributed by atoms with Crippen molar-refractivity contribution in [3.63, 3.8) is 0 Å². The van der Waals surface area contributed by atoms with Crippen LogP contribution in [0.25, 0.3) is 11.6 Å². The van der Waals surface area contributed by atoms with Gasteiger partial charge in [0, 0.05) is 5.69 Å². The standard InChI is InChI=1S/C27H29NO2S/c1-20(2)19-31(29,30)28-24-12-8-9-21(17-24)18-27-25-13-5-3-4-10-22(25)15-16-23-11-6-7-14-26(23)27/h3,5-14,17-18,20,28H,4,15-16,19H2,1-2H3/b27-18+. The molecule has 0 aromatic heterocycles. The highest BCUT2D eigenvalue weighted by molar-refractivity contribution is 7.92. The Bertz CT molecular complexity index is 1200. The highest BCUT2D eigenvalue weighted by atomic mass is 32.2. The van der Waals surface area contributed by atoms with Gasteiger partial charge in [0.05, 0.1) is 5.75 Å². The van der Waals surface area contributed by atoms with Gasteiger partial charge in [0.2, 0.25) is 10.0 Å². The Morgan fingerprint density at radius 3 is 2.74 bits per heavy atom. The summed E-state index contributed by atoms with van der Waals surface area (Å²) in [6, 6.07) is 16.2. The van der Waals surface area contributed by atoms with Gasteiger partial charge < -0.3 is 0 Å². The summed E-state index contributed by atoms with van der Waals surface area (Å²) in [5.41, 5.74) is 7.99. The van der Waals surface area contributed by atoms with E-state index in [0.717, 1.165) is 24.8 Å². The molecule has 2 aliphatic rings. The van der Waals surface area contributed by atoms with Gasteiger partial charge in [-0.25, -0.2) is 8.42 Å². The first-order valence-electron chi connectivity index (χ1n) is 10.9. The smallest absolute Gasteiger partial charge is 0.232 e. The molecule has 0 saturated heterocycles. The Hall–Kier alpha value is -2.85. The molecule has 0 atom stereocenters. The predicted molar refractivity (Wildman–Crippen MR) is 131 cm³/mol. The molecule has 31 heavy (non-hydrogen) atoms. The van der Waals surface area contributed by atoms with Gasteiger partial charge in [-0.3, -0.25) is 4.72 Å². The predicted octanol–water partition coefficient (Wildman–Crippen LogP) is 6.38. The van der Waals surface area contributed by atoms with Crippen molar-refractivity contribution in [1.82, 2.24) is 0 Å². The van der Waals surface area contributed by atoms with Crippen molar-refractivity contribution in [2.24, 2.45) is 5.92 Å². The maximum atomic E-state index is 12.4. The molecule has 0 bridgehead atoms. The summed E-state index contributed by atoms with van der Waals surface area (Å²) in [7, 11) is -3.36. The van der Waals surface area contributed by atoms with E-state index in [9.17, 15) is 8.42 Å². The second kappa shape index (κ2) is 9.11. The van der Waals surface area contributed by atoms with Crippen LogP contribution in [0.1, 0.15) is 43.4 Å². The van der Waals surface area contributed by atoms with Crippen LogP contribution in [0.3, 0.4) is 0 Å². The lowest BCUT2D eigenvalue weighted by Gasteiger charge is -2.14. The van der Waals surface area contributed by atoms with Crippen LogP contribution in [-0.4, -0.2) is 14.2 Å². The zero-order valence-electron chi connectivity index (χ0n) is 18.1. The number of hydrogen-bond acceptors (Lipinski definition) is 2. The van der Waals surface area contributed by atoms with E-state index in [-0.39, 0.29) is 11.7 Å². The first-order valence-corrected chi connectivity index (χ1v) is 12.5. The molecule has 0 heterocycles.